The normalized spacial score (nSPS) is 14.4. The molecular weight excluding hydrogens is 482 g/mol. The van der Waals surface area contributed by atoms with Gasteiger partial charge in [-0.3, -0.25) is 4.79 Å². The number of nitrogens with zero attached hydrogens (tertiary/aromatic N) is 3. The van der Waals surface area contributed by atoms with E-state index in [1.807, 2.05) is 86.6 Å². The Morgan fingerprint density at radius 3 is 2.42 bits per heavy atom. The molecule has 2 N–H and O–H groups in total. The van der Waals surface area contributed by atoms with E-state index in [1.165, 1.54) is 0 Å². The summed E-state index contributed by atoms with van der Waals surface area (Å²) in [7, 11) is 3.20. The Kier molecular flexibility index (Phi) is 6.99. The van der Waals surface area contributed by atoms with E-state index >= 15 is 0 Å². The van der Waals surface area contributed by atoms with Crippen molar-refractivity contribution in [2.24, 2.45) is 0 Å². The van der Waals surface area contributed by atoms with E-state index < -0.39 is 6.04 Å². The summed E-state index contributed by atoms with van der Waals surface area (Å²) >= 11 is 0. The lowest BCUT2D eigenvalue weighted by molar-refractivity contribution is -0.113. The molecule has 0 fully saturated rings. The molecule has 9 nitrogen and oxygen atoms in total. The lowest BCUT2D eigenvalue weighted by Gasteiger charge is -2.29. The van der Waals surface area contributed by atoms with Gasteiger partial charge < -0.3 is 24.8 Å². The van der Waals surface area contributed by atoms with Crippen molar-refractivity contribution >= 4 is 17.5 Å². The predicted molar refractivity (Wildman–Crippen MR) is 146 cm³/mol. The minimum atomic E-state index is -0.635. The first-order valence-corrected chi connectivity index (χ1v) is 12.3. The number of methoxy groups -OCH3 is 2. The number of allylic oxidation sites excluding steroid dienone is 1. The Labute approximate surface area is 221 Å². The fourth-order valence-electron chi connectivity index (χ4n) is 4.49. The van der Waals surface area contributed by atoms with Gasteiger partial charge in [0.1, 0.15) is 23.3 Å². The van der Waals surface area contributed by atoms with Gasteiger partial charge in [-0.2, -0.15) is 4.98 Å². The molecule has 0 saturated carbocycles. The third kappa shape index (κ3) is 4.78. The van der Waals surface area contributed by atoms with Gasteiger partial charge in [0.05, 0.1) is 26.4 Å². The summed E-state index contributed by atoms with van der Waals surface area (Å²) < 4.78 is 18.5. The molecule has 9 heteroatoms. The zero-order chi connectivity index (χ0) is 26.6. The first kappa shape index (κ1) is 24.9. The number of aromatic nitrogens is 3. The quantitative estimate of drug-likeness (QED) is 0.332. The number of nitrogens with one attached hydrogen (secondary N) is 2. The third-order valence-corrected chi connectivity index (χ3v) is 6.28. The highest BCUT2D eigenvalue weighted by atomic mass is 16.5. The van der Waals surface area contributed by atoms with Crippen molar-refractivity contribution in [2.45, 2.75) is 19.9 Å². The maximum Gasteiger partial charge on any atom is 0.255 e. The maximum atomic E-state index is 13.7. The van der Waals surface area contributed by atoms with Crippen molar-refractivity contribution < 1.29 is 19.0 Å². The minimum absolute atomic E-state index is 0.264. The van der Waals surface area contributed by atoms with Crippen molar-refractivity contribution in [3.8, 4) is 28.6 Å². The first-order chi connectivity index (χ1) is 18.5. The summed E-state index contributed by atoms with van der Waals surface area (Å²) in [6.07, 6.45) is 0. The van der Waals surface area contributed by atoms with E-state index in [0.717, 1.165) is 16.9 Å². The number of fused-ring (bicyclic) bond motifs is 1. The number of amides is 1. The Balaban J connectivity index is 1.63. The van der Waals surface area contributed by atoms with Crippen molar-refractivity contribution in [1.29, 1.82) is 0 Å². The van der Waals surface area contributed by atoms with Gasteiger partial charge in [-0.25, -0.2) is 4.68 Å². The van der Waals surface area contributed by atoms with Crippen LogP contribution in [0.1, 0.15) is 25.5 Å². The van der Waals surface area contributed by atoms with Gasteiger partial charge in [0.15, 0.2) is 5.82 Å². The highest BCUT2D eigenvalue weighted by Crippen LogP contribution is 2.41. The van der Waals surface area contributed by atoms with Crippen LogP contribution >= 0.6 is 0 Å². The van der Waals surface area contributed by atoms with Gasteiger partial charge in [-0.1, -0.05) is 18.2 Å². The standard InChI is InChI=1S/C29H29N5O4/c1-5-38-21-13-11-19(12-14-21)27-32-29-30-18(2)25(28(35)31-20-9-7-6-8-10-20)26(34(29)33-27)23-17-22(36-3)15-16-24(23)37-4/h6-17,26H,5H2,1-4H3,(H,31,35)(H,30,32,33). The lowest BCUT2D eigenvalue weighted by atomic mass is 9.94. The van der Waals surface area contributed by atoms with E-state index in [4.69, 9.17) is 24.3 Å². The fraction of sp³-hybridized carbons (Fsp3) is 0.207. The smallest absolute Gasteiger partial charge is 0.255 e. The van der Waals surface area contributed by atoms with Gasteiger partial charge in [0, 0.05) is 22.5 Å². The summed E-state index contributed by atoms with van der Waals surface area (Å²) in [5, 5.41) is 11.1. The second-order valence-electron chi connectivity index (χ2n) is 8.66. The van der Waals surface area contributed by atoms with Gasteiger partial charge in [0.25, 0.3) is 5.91 Å². The number of ether oxygens (including phenoxy) is 3. The Morgan fingerprint density at radius 2 is 1.74 bits per heavy atom. The number of para-hydroxylation sites is 1. The topological polar surface area (TPSA) is 99.5 Å². The molecule has 1 aromatic heterocycles. The molecule has 0 aliphatic carbocycles. The van der Waals surface area contributed by atoms with Crippen LogP contribution in [0.5, 0.6) is 17.2 Å². The average molecular weight is 512 g/mol. The summed E-state index contributed by atoms with van der Waals surface area (Å²) in [6.45, 7) is 4.38. The highest BCUT2D eigenvalue weighted by Gasteiger charge is 2.36. The monoisotopic (exact) mass is 511 g/mol. The van der Waals surface area contributed by atoms with Crippen molar-refractivity contribution in [3.63, 3.8) is 0 Å². The summed E-state index contributed by atoms with van der Waals surface area (Å²) in [6, 6.07) is 21.8. The Morgan fingerprint density at radius 1 is 1.00 bits per heavy atom. The predicted octanol–water partition coefficient (Wildman–Crippen LogP) is 5.29. The molecule has 4 aromatic rings. The molecular formula is C29H29N5O4. The molecule has 1 aliphatic rings. The summed E-state index contributed by atoms with van der Waals surface area (Å²) in [4.78, 5) is 18.5. The number of hydrogen-bond acceptors (Lipinski definition) is 7. The van der Waals surface area contributed by atoms with Crippen molar-refractivity contribution in [1.82, 2.24) is 14.8 Å². The van der Waals surface area contributed by atoms with Crippen LogP contribution in [0.2, 0.25) is 0 Å². The van der Waals surface area contributed by atoms with Gasteiger partial charge >= 0.3 is 0 Å². The average Bonchev–Trinajstić information content (AvgIpc) is 3.36. The molecule has 1 amide bonds. The number of benzene rings is 3. The lowest BCUT2D eigenvalue weighted by Crippen LogP contribution is -2.31. The van der Waals surface area contributed by atoms with Crippen LogP contribution in [0.15, 0.2) is 84.1 Å². The zero-order valence-electron chi connectivity index (χ0n) is 21.7. The molecule has 2 heterocycles. The third-order valence-electron chi connectivity index (χ3n) is 6.28. The van der Waals surface area contributed by atoms with E-state index in [1.54, 1.807) is 18.9 Å². The fourth-order valence-corrected chi connectivity index (χ4v) is 4.49. The zero-order valence-corrected chi connectivity index (χ0v) is 21.7. The van der Waals surface area contributed by atoms with Crippen LogP contribution in [0.3, 0.4) is 0 Å². The molecule has 1 aliphatic heterocycles. The van der Waals surface area contributed by atoms with E-state index in [-0.39, 0.29) is 5.91 Å². The van der Waals surface area contributed by atoms with Crippen molar-refractivity contribution in [2.75, 3.05) is 31.5 Å². The number of rotatable bonds is 8. The van der Waals surface area contributed by atoms with Crippen LogP contribution in [0.25, 0.3) is 11.4 Å². The van der Waals surface area contributed by atoms with E-state index in [2.05, 4.69) is 10.6 Å². The Hall–Kier alpha value is -4.79. The summed E-state index contributed by atoms with van der Waals surface area (Å²) in [5.41, 5.74) is 3.37. The molecule has 38 heavy (non-hydrogen) atoms. The molecule has 1 atom stereocenters. The molecule has 0 spiro atoms. The van der Waals surface area contributed by atoms with Crippen LogP contribution in [-0.2, 0) is 4.79 Å². The molecule has 0 radical (unpaired) electrons. The number of carbonyl (C=O) groups is 1. The van der Waals surface area contributed by atoms with Gasteiger partial charge in [-0.15, -0.1) is 5.10 Å². The molecule has 5 rings (SSSR count). The van der Waals surface area contributed by atoms with Gasteiger partial charge in [-0.05, 0) is 68.4 Å². The van der Waals surface area contributed by atoms with E-state index in [9.17, 15) is 4.79 Å². The minimum Gasteiger partial charge on any atom is -0.497 e. The molecule has 3 aromatic carbocycles. The maximum absolute atomic E-state index is 13.7. The molecule has 1 unspecified atom stereocenters. The second kappa shape index (κ2) is 10.7. The van der Waals surface area contributed by atoms with Crippen LogP contribution in [-0.4, -0.2) is 41.5 Å². The molecule has 194 valence electrons. The molecule has 0 saturated heterocycles. The largest absolute Gasteiger partial charge is 0.497 e. The number of carbonyl (C=O) groups excluding carboxylic acids is 1. The number of anilines is 2. The summed E-state index contributed by atoms with van der Waals surface area (Å²) in [5.74, 6) is 2.76. The van der Waals surface area contributed by atoms with Crippen LogP contribution in [0, 0.1) is 0 Å². The van der Waals surface area contributed by atoms with Crippen molar-refractivity contribution in [3.05, 3.63) is 89.6 Å². The molecule has 0 bridgehead atoms. The van der Waals surface area contributed by atoms with Crippen LogP contribution < -0.4 is 24.8 Å². The van der Waals surface area contributed by atoms with Crippen LogP contribution in [0.4, 0.5) is 11.6 Å². The Bertz CT molecular complexity index is 1480. The first-order valence-electron chi connectivity index (χ1n) is 12.3. The highest BCUT2D eigenvalue weighted by molar-refractivity contribution is 6.06. The SMILES string of the molecule is CCOc1ccc(-c2nc3n(n2)C(c2cc(OC)ccc2OC)C(C(=O)Nc2ccccc2)=C(C)N3)cc1. The second-order valence-corrected chi connectivity index (χ2v) is 8.66. The number of hydrogen-bond donors (Lipinski definition) is 2. The van der Waals surface area contributed by atoms with E-state index in [0.29, 0.717) is 46.8 Å². The van der Waals surface area contributed by atoms with Gasteiger partial charge in [0.2, 0.25) is 5.95 Å².